The predicted molar refractivity (Wildman–Crippen MR) is 84.3 cm³/mol. The molecule has 2 fully saturated rings. The SMILES string of the molecule is CCN(C1CC1)S(=O)(=O)Cc1cccc(CNC2CC2)c1. The van der Waals surface area contributed by atoms with Crippen molar-refractivity contribution in [3.8, 4) is 0 Å². The molecule has 1 aromatic carbocycles. The van der Waals surface area contributed by atoms with E-state index in [0.717, 1.165) is 24.9 Å². The normalized spacial score (nSPS) is 19.1. The minimum atomic E-state index is -3.19. The molecule has 0 atom stereocenters. The number of sulfonamides is 1. The van der Waals surface area contributed by atoms with Gasteiger partial charge in [0, 0.05) is 25.2 Å². The van der Waals surface area contributed by atoms with E-state index >= 15 is 0 Å². The summed E-state index contributed by atoms with van der Waals surface area (Å²) in [7, 11) is -3.19. The summed E-state index contributed by atoms with van der Waals surface area (Å²) in [5.41, 5.74) is 2.06. The van der Waals surface area contributed by atoms with Crippen molar-refractivity contribution in [2.75, 3.05) is 6.54 Å². The van der Waals surface area contributed by atoms with E-state index in [1.807, 2.05) is 25.1 Å². The van der Waals surface area contributed by atoms with Gasteiger partial charge in [0.2, 0.25) is 10.0 Å². The van der Waals surface area contributed by atoms with Crippen LogP contribution in [0.1, 0.15) is 43.7 Å². The van der Waals surface area contributed by atoms with Crippen LogP contribution in [0.25, 0.3) is 0 Å². The molecule has 4 nitrogen and oxygen atoms in total. The Bertz CT molecular complexity index is 592. The molecule has 0 aliphatic heterocycles. The van der Waals surface area contributed by atoms with E-state index in [-0.39, 0.29) is 11.8 Å². The summed E-state index contributed by atoms with van der Waals surface area (Å²) in [6.45, 7) is 3.33. The van der Waals surface area contributed by atoms with Crippen molar-refractivity contribution in [3.05, 3.63) is 35.4 Å². The fraction of sp³-hybridized carbons (Fsp3) is 0.625. The van der Waals surface area contributed by atoms with E-state index in [1.54, 1.807) is 4.31 Å². The van der Waals surface area contributed by atoms with E-state index in [4.69, 9.17) is 0 Å². The molecular weight excluding hydrogens is 284 g/mol. The molecule has 21 heavy (non-hydrogen) atoms. The van der Waals surface area contributed by atoms with Gasteiger partial charge in [-0.15, -0.1) is 0 Å². The zero-order valence-electron chi connectivity index (χ0n) is 12.6. The van der Waals surface area contributed by atoms with Gasteiger partial charge in [0.05, 0.1) is 5.75 Å². The van der Waals surface area contributed by atoms with Crippen molar-refractivity contribution in [2.24, 2.45) is 0 Å². The van der Waals surface area contributed by atoms with Crippen LogP contribution in [0.3, 0.4) is 0 Å². The lowest BCUT2D eigenvalue weighted by molar-refractivity contribution is 0.420. The maximum atomic E-state index is 12.5. The van der Waals surface area contributed by atoms with Crippen LogP contribution in [0, 0.1) is 0 Å². The Hall–Kier alpha value is -0.910. The fourth-order valence-electron chi connectivity index (χ4n) is 2.72. The highest BCUT2D eigenvalue weighted by atomic mass is 32.2. The molecule has 2 aliphatic carbocycles. The topological polar surface area (TPSA) is 49.4 Å². The highest BCUT2D eigenvalue weighted by Crippen LogP contribution is 2.30. The molecule has 0 saturated heterocycles. The quantitative estimate of drug-likeness (QED) is 0.801. The first-order valence-electron chi connectivity index (χ1n) is 7.89. The lowest BCUT2D eigenvalue weighted by Crippen LogP contribution is -2.33. The van der Waals surface area contributed by atoms with Crippen LogP contribution < -0.4 is 5.32 Å². The number of hydrogen-bond acceptors (Lipinski definition) is 3. The fourth-order valence-corrected chi connectivity index (χ4v) is 4.54. The third-order valence-electron chi connectivity index (χ3n) is 4.14. The summed E-state index contributed by atoms with van der Waals surface area (Å²) < 4.78 is 26.7. The van der Waals surface area contributed by atoms with Crippen molar-refractivity contribution in [3.63, 3.8) is 0 Å². The molecule has 0 spiro atoms. The van der Waals surface area contributed by atoms with Crippen molar-refractivity contribution < 1.29 is 8.42 Å². The van der Waals surface area contributed by atoms with Crippen LogP contribution in [0.15, 0.2) is 24.3 Å². The Morgan fingerprint density at radius 3 is 2.52 bits per heavy atom. The predicted octanol–water partition coefficient (Wildman–Crippen LogP) is 2.25. The molecule has 5 heteroatoms. The van der Waals surface area contributed by atoms with Crippen LogP contribution >= 0.6 is 0 Å². The summed E-state index contributed by atoms with van der Waals surface area (Å²) >= 11 is 0. The smallest absolute Gasteiger partial charge is 0.218 e. The first-order chi connectivity index (χ1) is 10.1. The molecule has 0 bridgehead atoms. The lowest BCUT2D eigenvalue weighted by atomic mass is 10.1. The van der Waals surface area contributed by atoms with E-state index < -0.39 is 10.0 Å². The molecule has 2 aliphatic rings. The maximum absolute atomic E-state index is 12.5. The van der Waals surface area contributed by atoms with Gasteiger partial charge in [-0.05, 0) is 36.8 Å². The van der Waals surface area contributed by atoms with Crippen LogP contribution in [0.4, 0.5) is 0 Å². The second-order valence-corrected chi connectivity index (χ2v) is 8.09. The minimum absolute atomic E-state index is 0.120. The van der Waals surface area contributed by atoms with Crippen LogP contribution in [-0.2, 0) is 22.3 Å². The van der Waals surface area contributed by atoms with Gasteiger partial charge in [0.25, 0.3) is 0 Å². The maximum Gasteiger partial charge on any atom is 0.218 e. The average molecular weight is 308 g/mol. The van der Waals surface area contributed by atoms with Gasteiger partial charge < -0.3 is 5.32 Å². The second-order valence-electron chi connectivity index (χ2n) is 6.17. The number of nitrogens with zero attached hydrogens (tertiary/aromatic N) is 1. The Morgan fingerprint density at radius 2 is 1.90 bits per heavy atom. The van der Waals surface area contributed by atoms with Crippen molar-refractivity contribution in [2.45, 2.75) is 57.0 Å². The van der Waals surface area contributed by atoms with E-state index in [9.17, 15) is 8.42 Å². The average Bonchev–Trinajstić information content (AvgIpc) is 3.31. The third kappa shape index (κ3) is 4.05. The van der Waals surface area contributed by atoms with Gasteiger partial charge in [-0.1, -0.05) is 31.2 Å². The Balaban J connectivity index is 1.66. The van der Waals surface area contributed by atoms with Crippen molar-refractivity contribution in [1.29, 1.82) is 0 Å². The van der Waals surface area contributed by atoms with Gasteiger partial charge in [0.15, 0.2) is 0 Å². The molecule has 1 aromatic rings. The van der Waals surface area contributed by atoms with Crippen molar-refractivity contribution in [1.82, 2.24) is 9.62 Å². The van der Waals surface area contributed by atoms with Crippen LogP contribution in [-0.4, -0.2) is 31.4 Å². The summed E-state index contributed by atoms with van der Waals surface area (Å²) in [6, 6.07) is 8.88. The lowest BCUT2D eigenvalue weighted by Gasteiger charge is -2.20. The molecule has 0 aromatic heterocycles. The summed E-state index contributed by atoms with van der Waals surface area (Å²) in [5.74, 6) is 0.120. The number of hydrogen-bond donors (Lipinski definition) is 1. The van der Waals surface area contributed by atoms with Gasteiger partial charge in [-0.25, -0.2) is 8.42 Å². The van der Waals surface area contributed by atoms with Gasteiger partial charge in [-0.2, -0.15) is 4.31 Å². The molecular formula is C16H24N2O2S. The summed E-state index contributed by atoms with van der Waals surface area (Å²) in [6.07, 6.45) is 4.55. The Morgan fingerprint density at radius 1 is 1.19 bits per heavy atom. The van der Waals surface area contributed by atoms with Crippen molar-refractivity contribution >= 4 is 10.0 Å². The third-order valence-corrected chi connectivity index (χ3v) is 6.10. The first kappa shape index (κ1) is 15.0. The molecule has 116 valence electrons. The zero-order chi connectivity index (χ0) is 14.9. The standard InChI is InChI=1S/C16H24N2O2S/c1-2-18(16-8-9-16)21(19,20)12-14-5-3-4-13(10-14)11-17-15-6-7-15/h3-5,10,15-17H,2,6-9,11-12H2,1H3. The highest BCUT2D eigenvalue weighted by molar-refractivity contribution is 7.88. The largest absolute Gasteiger partial charge is 0.310 e. The summed E-state index contributed by atoms with van der Waals surface area (Å²) in [4.78, 5) is 0. The Labute approximate surface area is 127 Å². The molecule has 2 saturated carbocycles. The number of rotatable bonds is 8. The van der Waals surface area contributed by atoms with Crippen LogP contribution in [0.2, 0.25) is 0 Å². The minimum Gasteiger partial charge on any atom is -0.310 e. The first-order valence-corrected chi connectivity index (χ1v) is 9.50. The summed E-state index contributed by atoms with van der Waals surface area (Å²) in [5, 5.41) is 3.47. The molecule has 0 amide bonds. The molecule has 0 heterocycles. The number of nitrogens with one attached hydrogen (secondary N) is 1. The van der Waals surface area contributed by atoms with Crippen LogP contribution in [0.5, 0.6) is 0 Å². The zero-order valence-corrected chi connectivity index (χ0v) is 13.4. The van der Waals surface area contributed by atoms with Gasteiger partial charge in [0.1, 0.15) is 0 Å². The number of benzene rings is 1. The van der Waals surface area contributed by atoms with E-state index in [0.29, 0.717) is 12.6 Å². The Kier molecular flexibility index (Phi) is 4.33. The van der Waals surface area contributed by atoms with Gasteiger partial charge >= 0.3 is 0 Å². The highest BCUT2D eigenvalue weighted by Gasteiger charge is 2.35. The van der Waals surface area contributed by atoms with E-state index in [2.05, 4.69) is 11.4 Å². The second kappa shape index (κ2) is 6.07. The molecule has 3 rings (SSSR count). The van der Waals surface area contributed by atoms with Gasteiger partial charge in [-0.3, -0.25) is 0 Å². The molecule has 0 unspecified atom stereocenters. The molecule has 1 N–H and O–H groups in total. The van der Waals surface area contributed by atoms with E-state index in [1.165, 1.54) is 18.4 Å². The monoisotopic (exact) mass is 308 g/mol. The molecule has 0 radical (unpaired) electrons.